The normalized spacial score (nSPS) is 18.9. The highest BCUT2D eigenvalue weighted by Gasteiger charge is 2.25. The van der Waals surface area contributed by atoms with Crippen LogP contribution in [0.1, 0.15) is 5.56 Å². The van der Waals surface area contributed by atoms with Crippen LogP contribution in [0.5, 0.6) is 0 Å². The van der Waals surface area contributed by atoms with Crippen LogP contribution in [0.3, 0.4) is 0 Å². The summed E-state index contributed by atoms with van der Waals surface area (Å²) >= 11 is 0. The lowest BCUT2D eigenvalue weighted by Gasteiger charge is -2.37. The van der Waals surface area contributed by atoms with Crippen LogP contribution in [-0.4, -0.2) is 39.5 Å². The van der Waals surface area contributed by atoms with Gasteiger partial charge in [-0.25, -0.2) is 0 Å². The van der Waals surface area contributed by atoms with Crippen LogP contribution in [0.15, 0.2) is 12.4 Å². The molecule has 13 heavy (non-hydrogen) atoms. The lowest BCUT2D eigenvalue weighted by atomic mass is 10.0. The van der Waals surface area contributed by atoms with Crippen molar-refractivity contribution in [3.8, 4) is 0 Å². The van der Waals surface area contributed by atoms with Gasteiger partial charge in [-0.05, 0) is 0 Å². The molecule has 0 bridgehead atoms. The summed E-state index contributed by atoms with van der Waals surface area (Å²) < 4.78 is 1.82. The second kappa shape index (κ2) is 3.47. The fourth-order valence-corrected chi connectivity index (χ4v) is 1.73. The van der Waals surface area contributed by atoms with E-state index in [1.807, 2.05) is 24.1 Å². The predicted octanol–water partition coefficient (Wildman–Crippen LogP) is -0.156. The molecule has 0 spiro atoms. The molecule has 0 amide bonds. The number of aromatic nitrogens is 2. The van der Waals surface area contributed by atoms with Crippen LogP contribution < -0.4 is 0 Å². The number of nitrogens with zero attached hydrogens (tertiary/aromatic N) is 3. The molecule has 4 nitrogen and oxygen atoms in total. The Morgan fingerprint density at radius 1 is 1.62 bits per heavy atom. The van der Waals surface area contributed by atoms with Crippen molar-refractivity contribution in [2.24, 2.45) is 13.0 Å². The maximum atomic E-state index is 8.83. The van der Waals surface area contributed by atoms with Crippen molar-refractivity contribution in [2.75, 3.05) is 19.7 Å². The van der Waals surface area contributed by atoms with Gasteiger partial charge in [0.05, 0.1) is 6.20 Å². The third-order valence-electron chi connectivity index (χ3n) is 2.46. The third-order valence-corrected chi connectivity index (χ3v) is 2.46. The smallest absolute Gasteiger partial charge is 0.0534 e. The van der Waals surface area contributed by atoms with Gasteiger partial charge in [0.15, 0.2) is 0 Å². The molecular weight excluding hydrogens is 166 g/mol. The summed E-state index contributed by atoms with van der Waals surface area (Å²) in [5.41, 5.74) is 1.25. The molecule has 2 heterocycles. The predicted molar refractivity (Wildman–Crippen MR) is 49.1 cm³/mol. The minimum Gasteiger partial charge on any atom is -0.396 e. The zero-order chi connectivity index (χ0) is 9.26. The highest BCUT2D eigenvalue weighted by molar-refractivity contribution is 5.04. The van der Waals surface area contributed by atoms with Crippen molar-refractivity contribution in [1.29, 1.82) is 0 Å². The zero-order valence-electron chi connectivity index (χ0n) is 7.85. The maximum Gasteiger partial charge on any atom is 0.0534 e. The van der Waals surface area contributed by atoms with Gasteiger partial charge in [0.25, 0.3) is 0 Å². The van der Waals surface area contributed by atoms with Crippen LogP contribution in [0.4, 0.5) is 0 Å². The van der Waals surface area contributed by atoms with Crippen LogP contribution in [0, 0.1) is 5.92 Å². The second-order valence-corrected chi connectivity index (χ2v) is 3.76. The van der Waals surface area contributed by atoms with E-state index in [4.69, 9.17) is 5.11 Å². The Morgan fingerprint density at radius 3 is 2.92 bits per heavy atom. The quantitative estimate of drug-likeness (QED) is 0.704. The van der Waals surface area contributed by atoms with E-state index in [1.54, 1.807) is 0 Å². The maximum absolute atomic E-state index is 8.83. The van der Waals surface area contributed by atoms with Gasteiger partial charge >= 0.3 is 0 Å². The molecule has 0 unspecified atom stereocenters. The molecule has 1 aromatic heterocycles. The van der Waals surface area contributed by atoms with Gasteiger partial charge in [-0.15, -0.1) is 0 Å². The van der Waals surface area contributed by atoms with Gasteiger partial charge in [0.1, 0.15) is 0 Å². The molecule has 0 saturated carbocycles. The molecule has 1 aromatic rings. The fraction of sp³-hybridized carbons (Fsp3) is 0.667. The first-order valence-electron chi connectivity index (χ1n) is 4.58. The van der Waals surface area contributed by atoms with Crippen LogP contribution >= 0.6 is 0 Å². The zero-order valence-corrected chi connectivity index (χ0v) is 7.85. The Balaban J connectivity index is 1.81. The van der Waals surface area contributed by atoms with Crippen molar-refractivity contribution < 1.29 is 5.11 Å². The average Bonchev–Trinajstić information content (AvgIpc) is 2.43. The molecule has 0 aromatic carbocycles. The molecule has 2 rings (SSSR count). The topological polar surface area (TPSA) is 41.3 Å². The molecular formula is C9H15N3O. The van der Waals surface area contributed by atoms with E-state index in [9.17, 15) is 0 Å². The molecule has 0 atom stereocenters. The highest BCUT2D eigenvalue weighted by atomic mass is 16.3. The fourth-order valence-electron chi connectivity index (χ4n) is 1.73. The standard InChI is InChI=1S/C9H15N3O/c1-11-3-8(2-10-11)4-12-5-9(6-12)7-13/h2-3,9,13H,4-7H2,1H3. The van der Waals surface area contributed by atoms with Gasteiger partial charge in [-0.1, -0.05) is 0 Å². The van der Waals surface area contributed by atoms with Crippen molar-refractivity contribution in [3.63, 3.8) is 0 Å². The molecule has 1 fully saturated rings. The van der Waals surface area contributed by atoms with Gasteiger partial charge in [-0.2, -0.15) is 5.10 Å². The lowest BCUT2D eigenvalue weighted by Crippen LogP contribution is -2.47. The minimum atomic E-state index is 0.323. The number of rotatable bonds is 3. The van der Waals surface area contributed by atoms with Gasteiger partial charge in [0.2, 0.25) is 0 Å². The summed E-state index contributed by atoms with van der Waals surface area (Å²) in [5, 5.41) is 12.9. The lowest BCUT2D eigenvalue weighted by molar-refractivity contribution is 0.0479. The van der Waals surface area contributed by atoms with Gasteiger partial charge < -0.3 is 5.11 Å². The molecule has 0 aliphatic carbocycles. The molecule has 1 aliphatic rings. The third kappa shape index (κ3) is 1.89. The minimum absolute atomic E-state index is 0.323. The Bertz CT molecular complexity index is 278. The summed E-state index contributed by atoms with van der Waals surface area (Å²) in [5.74, 6) is 0.497. The van der Waals surface area contributed by atoms with E-state index in [-0.39, 0.29) is 0 Å². The number of aliphatic hydroxyl groups excluding tert-OH is 1. The Hall–Kier alpha value is -0.870. The van der Waals surface area contributed by atoms with E-state index < -0.39 is 0 Å². The second-order valence-electron chi connectivity index (χ2n) is 3.76. The summed E-state index contributed by atoms with van der Waals surface area (Å²) in [6.45, 7) is 3.32. The number of aliphatic hydroxyl groups is 1. The number of hydrogen-bond donors (Lipinski definition) is 1. The van der Waals surface area contributed by atoms with Crippen LogP contribution in [-0.2, 0) is 13.6 Å². The van der Waals surface area contributed by atoms with Crippen molar-refractivity contribution >= 4 is 0 Å². The molecule has 4 heteroatoms. The summed E-state index contributed by atoms with van der Waals surface area (Å²) in [6.07, 6.45) is 3.93. The Kier molecular flexibility index (Phi) is 2.33. The number of aryl methyl sites for hydroxylation is 1. The van der Waals surface area contributed by atoms with Gasteiger partial charge in [-0.3, -0.25) is 9.58 Å². The molecule has 1 N–H and O–H groups in total. The van der Waals surface area contributed by atoms with E-state index in [0.29, 0.717) is 12.5 Å². The van der Waals surface area contributed by atoms with E-state index in [2.05, 4.69) is 10.00 Å². The monoisotopic (exact) mass is 181 g/mol. The van der Waals surface area contributed by atoms with Crippen LogP contribution in [0.2, 0.25) is 0 Å². The molecule has 1 aliphatic heterocycles. The summed E-state index contributed by atoms with van der Waals surface area (Å²) in [4.78, 5) is 2.32. The highest BCUT2D eigenvalue weighted by Crippen LogP contribution is 2.17. The average molecular weight is 181 g/mol. The Labute approximate surface area is 77.8 Å². The van der Waals surface area contributed by atoms with E-state index >= 15 is 0 Å². The largest absolute Gasteiger partial charge is 0.396 e. The summed E-state index contributed by atoms with van der Waals surface area (Å²) in [7, 11) is 1.93. The van der Waals surface area contributed by atoms with Gasteiger partial charge in [0, 0.05) is 51.0 Å². The molecule has 1 saturated heterocycles. The molecule has 0 radical (unpaired) electrons. The first-order chi connectivity index (χ1) is 6.28. The SMILES string of the molecule is Cn1cc(CN2CC(CO)C2)cn1. The van der Waals surface area contributed by atoms with Crippen molar-refractivity contribution in [2.45, 2.75) is 6.54 Å². The molecule has 72 valence electrons. The van der Waals surface area contributed by atoms with Crippen molar-refractivity contribution in [3.05, 3.63) is 18.0 Å². The van der Waals surface area contributed by atoms with Crippen LogP contribution in [0.25, 0.3) is 0 Å². The first-order valence-corrected chi connectivity index (χ1v) is 4.58. The Morgan fingerprint density at radius 2 is 2.38 bits per heavy atom. The van der Waals surface area contributed by atoms with E-state index in [0.717, 1.165) is 19.6 Å². The van der Waals surface area contributed by atoms with E-state index in [1.165, 1.54) is 5.56 Å². The van der Waals surface area contributed by atoms with Crippen molar-refractivity contribution in [1.82, 2.24) is 14.7 Å². The number of likely N-dealkylation sites (tertiary alicyclic amines) is 1. The number of hydrogen-bond acceptors (Lipinski definition) is 3. The summed E-state index contributed by atoms with van der Waals surface area (Å²) in [6, 6.07) is 0. The first kappa shape index (κ1) is 8.72.